The summed E-state index contributed by atoms with van der Waals surface area (Å²) in [7, 11) is 0. The van der Waals surface area contributed by atoms with Crippen LogP contribution >= 0.6 is 0 Å². The Kier molecular flexibility index (Phi) is 10.1. The molecule has 0 bridgehead atoms. The van der Waals surface area contributed by atoms with Crippen LogP contribution in [0.15, 0.2) is 182 Å². The van der Waals surface area contributed by atoms with Crippen molar-refractivity contribution < 1.29 is 49.1 Å². The fraction of sp³-hybridized carbons (Fsp3) is 0.0189. The highest BCUT2D eigenvalue weighted by Gasteiger charge is 2.48. The van der Waals surface area contributed by atoms with Gasteiger partial charge in [0, 0.05) is 0 Å². The maximum atomic E-state index is 12.1. The van der Waals surface area contributed by atoms with Crippen molar-refractivity contribution in [3.63, 3.8) is 0 Å². The van der Waals surface area contributed by atoms with E-state index in [1.165, 1.54) is 36.4 Å². The van der Waals surface area contributed by atoms with Crippen molar-refractivity contribution in [2.45, 2.75) is 5.41 Å². The van der Waals surface area contributed by atoms with E-state index in [0.717, 1.165) is 55.6 Å². The molecule has 0 radical (unpaired) electrons. The van der Waals surface area contributed by atoms with Gasteiger partial charge >= 0.3 is 23.9 Å². The lowest BCUT2D eigenvalue weighted by Gasteiger charge is -2.37. The zero-order valence-electron chi connectivity index (χ0n) is 33.1. The Morgan fingerprint density at radius 2 is 0.635 bits per heavy atom. The molecule has 8 aromatic carbocycles. The molecular formula is C53H34O10. The first kappa shape index (κ1) is 39.7. The van der Waals surface area contributed by atoms with E-state index in [9.17, 15) is 39.6 Å². The Balaban J connectivity index is 1.30. The Hall–Kier alpha value is -8.76. The van der Waals surface area contributed by atoms with Crippen LogP contribution in [-0.4, -0.2) is 44.3 Å². The minimum absolute atomic E-state index is 0.144. The summed E-state index contributed by atoms with van der Waals surface area (Å²) in [6.07, 6.45) is 0. The number of aromatic carboxylic acids is 4. The topological polar surface area (TPSA) is 168 Å². The van der Waals surface area contributed by atoms with Crippen molar-refractivity contribution in [3.05, 3.63) is 226 Å². The molecule has 0 saturated carbocycles. The molecule has 1 aliphatic rings. The molecule has 306 valence electrons. The second-order valence-corrected chi connectivity index (χ2v) is 14.8. The van der Waals surface area contributed by atoms with Gasteiger partial charge in [-0.25, -0.2) is 19.2 Å². The number of carboxylic acid groups (broad SMARTS) is 4. The van der Waals surface area contributed by atoms with Crippen LogP contribution in [0.2, 0.25) is 0 Å². The van der Waals surface area contributed by atoms with Crippen molar-refractivity contribution in [2.24, 2.45) is 0 Å². The van der Waals surface area contributed by atoms with Crippen LogP contribution in [0.5, 0.6) is 23.0 Å². The quantitative estimate of drug-likeness (QED) is 0.0930. The van der Waals surface area contributed by atoms with E-state index in [1.807, 2.05) is 121 Å². The fourth-order valence-corrected chi connectivity index (χ4v) is 8.67. The number of ether oxygens (including phenoxy) is 2. The van der Waals surface area contributed by atoms with Crippen LogP contribution in [0.1, 0.15) is 63.7 Å². The Morgan fingerprint density at radius 3 is 1.02 bits per heavy atom. The van der Waals surface area contributed by atoms with E-state index >= 15 is 0 Å². The van der Waals surface area contributed by atoms with Crippen LogP contribution in [0.4, 0.5) is 0 Å². The number of rotatable bonds is 12. The first-order chi connectivity index (χ1) is 30.5. The van der Waals surface area contributed by atoms with Crippen molar-refractivity contribution in [1.29, 1.82) is 0 Å². The molecule has 0 aliphatic heterocycles. The van der Waals surface area contributed by atoms with Crippen molar-refractivity contribution in [2.75, 3.05) is 0 Å². The van der Waals surface area contributed by atoms with Gasteiger partial charge in [-0.05, 0) is 116 Å². The minimum Gasteiger partial charge on any atom is -0.478 e. The van der Waals surface area contributed by atoms with Crippen LogP contribution in [0.25, 0.3) is 33.4 Å². The summed E-state index contributed by atoms with van der Waals surface area (Å²) in [6, 6.07) is 55.3. The van der Waals surface area contributed by atoms with Crippen LogP contribution in [0, 0.1) is 0 Å². The van der Waals surface area contributed by atoms with Crippen molar-refractivity contribution in [3.8, 4) is 56.4 Å². The molecule has 0 spiro atoms. The lowest BCUT2D eigenvalue weighted by molar-refractivity contribution is 0.0651. The molecule has 10 heteroatoms. The first-order valence-electron chi connectivity index (χ1n) is 19.7. The third kappa shape index (κ3) is 7.01. The van der Waals surface area contributed by atoms with Crippen molar-refractivity contribution >= 4 is 23.9 Å². The van der Waals surface area contributed by atoms with E-state index in [2.05, 4.69) is 24.3 Å². The number of carboxylic acids is 4. The van der Waals surface area contributed by atoms with Crippen LogP contribution < -0.4 is 9.47 Å². The number of benzene rings is 8. The maximum Gasteiger partial charge on any atom is 0.336 e. The molecule has 4 N–H and O–H groups in total. The normalized spacial score (nSPS) is 12.1. The lowest BCUT2D eigenvalue weighted by atomic mass is 9.64. The van der Waals surface area contributed by atoms with Crippen LogP contribution in [0.3, 0.4) is 0 Å². The smallest absolute Gasteiger partial charge is 0.336 e. The third-order valence-corrected chi connectivity index (χ3v) is 11.3. The van der Waals surface area contributed by atoms with E-state index in [4.69, 9.17) is 9.47 Å². The van der Waals surface area contributed by atoms with Gasteiger partial charge in [-0.3, -0.25) is 0 Å². The molecule has 0 aromatic heterocycles. The van der Waals surface area contributed by atoms with Crippen LogP contribution in [-0.2, 0) is 5.41 Å². The highest BCUT2D eigenvalue weighted by atomic mass is 16.5. The molecular weight excluding hydrogens is 797 g/mol. The van der Waals surface area contributed by atoms with Gasteiger partial charge in [0.1, 0.15) is 23.0 Å². The highest BCUT2D eigenvalue weighted by molar-refractivity contribution is 6.03. The SMILES string of the molecule is O=C(O)c1ccc(Oc2ccc(C3(c4ccc(Oc5ccc(C(=O)O)c(C(=O)O)c5)cc4-c4ccccc4)c4ccccc4-c4ccccc43)c(-c3ccccc3)c2)cc1C(=O)O. The molecule has 0 atom stereocenters. The third-order valence-electron chi connectivity index (χ3n) is 11.3. The number of hydrogen-bond donors (Lipinski definition) is 4. The summed E-state index contributed by atoms with van der Waals surface area (Å²) in [5.74, 6) is -4.48. The molecule has 9 rings (SSSR count). The molecule has 0 fully saturated rings. The highest BCUT2D eigenvalue weighted by Crippen LogP contribution is 2.60. The predicted octanol–water partition coefficient (Wildman–Crippen LogP) is 11.8. The van der Waals surface area contributed by atoms with Gasteiger partial charge in [-0.1, -0.05) is 121 Å². The van der Waals surface area contributed by atoms with Gasteiger partial charge < -0.3 is 29.9 Å². The van der Waals surface area contributed by atoms with E-state index in [0.29, 0.717) is 11.5 Å². The number of fused-ring (bicyclic) bond motifs is 3. The summed E-state index contributed by atoms with van der Waals surface area (Å²) in [6.45, 7) is 0. The number of carbonyl (C=O) groups is 4. The molecule has 0 heterocycles. The molecule has 0 saturated heterocycles. The standard InChI is InChI=1S/C53H34O10/c54-49(55)39-23-19-33(29-43(39)51(58)59)62-35-21-25-47(41(27-35)31-11-3-1-4-12-31)53(45-17-9-7-15-37(45)38-16-8-10-18-46(38)53)48-26-22-36(28-42(48)32-13-5-2-6-14-32)63-34-20-24-40(50(56)57)44(30-34)52(60)61/h1-30H,(H,54,55)(H,56,57)(H,58,59)(H,60,61). The Labute approximate surface area is 360 Å². The summed E-state index contributed by atoms with van der Waals surface area (Å²) in [5.41, 5.74) is 6.69. The second-order valence-electron chi connectivity index (χ2n) is 14.8. The van der Waals surface area contributed by atoms with E-state index in [1.54, 1.807) is 0 Å². The molecule has 8 aromatic rings. The average molecular weight is 831 g/mol. The van der Waals surface area contributed by atoms with Gasteiger partial charge in [-0.2, -0.15) is 0 Å². The second kappa shape index (κ2) is 16.0. The summed E-state index contributed by atoms with van der Waals surface area (Å²) >= 11 is 0. The summed E-state index contributed by atoms with van der Waals surface area (Å²) < 4.78 is 12.7. The zero-order valence-corrected chi connectivity index (χ0v) is 33.1. The Morgan fingerprint density at radius 1 is 0.317 bits per heavy atom. The summed E-state index contributed by atoms with van der Waals surface area (Å²) in [5, 5.41) is 38.9. The molecule has 63 heavy (non-hydrogen) atoms. The molecule has 0 amide bonds. The predicted molar refractivity (Wildman–Crippen MR) is 235 cm³/mol. The minimum atomic E-state index is -1.40. The average Bonchev–Trinajstić information content (AvgIpc) is 3.60. The van der Waals surface area contributed by atoms with Gasteiger partial charge in [0.15, 0.2) is 0 Å². The van der Waals surface area contributed by atoms with Crippen molar-refractivity contribution in [1.82, 2.24) is 0 Å². The van der Waals surface area contributed by atoms with Gasteiger partial charge in [0.25, 0.3) is 0 Å². The zero-order chi connectivity index (χ0) is 43.8. The molecule has 10 nitrogen and oxygen atoms in total. The van der Waals surface area contributed by atoms with Gasteiger partial charge in [-0.15, -0.1) is 0 Å². The number of hydrogen-bond acceptors (Lipinski definition) is 6. The molecule has 1 aliphatic carbocycles. The van der Waals surface area contributed by atoms with E-state index < -0.39 is 40.4 Å². The first-order valence-corrected chi connectivity index (χ1v) is 19.7. The monoisotopic (exact) mass is 830 g/mol. The summed E-state index contributed by atoms with van der Waals surface area (Å²) in [4.78, 5) is 47.8. The van der Waals surface area contributed by atoms with E-state index in [-0.39, 0.29) is 22.6 Å². The molecule has 0 unspecified atom stereocenters. The largest absolute Gasteiger partial charge is 0.478 e. The van der Waals surface area contributed by atoms with Gasteiger partial charge in [0.05, 0.1) is 27.7 Å². The van der Waals surface area contributed by atoms with Gasteiger partial charge in [0.2, 0.25) is 0 Å². The Bertz CT molecular complexity index is 2930. The fourth-order valence-electron chi connectivity index (χ4n) is 8.67. The lowest BCUT2D eigenvalue weighted by Crippen LogP contribution is -2.30. The maximum absolute atomic E-state index is 12.1.